The molecular weight excluding hydrogens is 653 g/mol. The maximum absolute atomic E-state index is 14.3. The molecule has 0 radical (unpaired) electrons. The molecule has 1 saturated heterocycles. The van der Waals surface area contributed by atoms with Gasteiger partial charge in [-0.1, -0.05) is 0 Å². The molecule has 2 aromatic heterocycles. The Morgan fingerprint density at radius 2 is 1.86 bits per heavy atom. The van der Waals surface area contributed by atoms with Crippen molar-refractivity contribution in [3.8, 4) is 17.2 Å². The van der Waals surface area contributed by atoms with Crippen LogP contribution in [0.25, 0.3) is 0 Å². The summed E-state index contributed by atoms with van der Waals surface area (Å²) in [4.78, 5) is 46.9. The predicted molar refractivity (Wildman–Crippen MR) is 191 cm³/mol. The molecule has 1 saturated carbocycles. The number of hydrogen-bond donors (Lipinski definition) is 0. The molecule has 12 nitrogen and oxygen atoms in total. The lowest BCUT2D eigenvalue weighted by Gasteiger charge is -2.59. The average Bonchev–Trinajstić information content (AvgIpc) is 3.04. The SMILES string of the molecule is CCN(C(=O)c1cc(F)ccc1Oc1cncnc1N1CC2(CC(Oc3ccnc4c3CN(CCN(C)C(=O)OC(C)(C)C)CC4)C2)C1)C(C)C. The van der Waals surface area contributed by atoms with Crippen molar-refractivity contribution in [1.29, 1.82) is 0 Å². The van der Waals surface area contributed by atoms with E-state index in [0.717, 1.165) is 69.0 Å². The molecule has 51 heavy (non-hydrogen) atoms. The average molecular weight is 704 g/mol. The highest BCUT2D eigenvalue weighted by atomic mass is 19.1. The van der Waals surface area contributed by atoms with Crippen LogP contribution in [-0.4, -0.2) is 106 Å². The minimum absolute atomic E-state index is 0.0509. The summed E-state index contributed by atoms with van der Waals surface area (Å²) in [5.41, 5.74) is 1.95. The summed E-state index contributed by atoms with van der Waals surface area (Å²) < 4.78 is 32.7. The Morgan fingerprint density at radius 1 is 1.10 bits per heavy atom. The number of aromatic nitrogens is 3. The van der Waals surface area contributed by atoms with Crippen LogP contribution in [0, 0.1) is 11.2 Å². The lowest BCUT2D eigenvalue weighted by molar-refractivity contribution is -0.0353. The van der Waals surface area contributed by atoms with Crippen molar-refractivity contribution in [3.63, 3.8) is 0 Å². The quantitative estimate of drug-likeness (QED) is 0.238. The van der Waals surface area contributed by atoms with E-state index in [0.29, 0.717) is 24.7 Å². The fraction of sp³-hybridized carbons (Fsp3) is 0.553. The van der Waals surface area contributed by atoms with Crippen LogP contribution in [0.1, 0.15) is 76.0 Å². The van der Waals surface area contributed by atoms with Crippen LogP contribution in [0.3, 0.4) is 0 Å². The van der Waals surface area contributed by atoms with E-state index in [4.69, 9.17) is 14.2 Å². The van der Waals surface area contributed by atoms with Crippen molar-refractivity contribution >= 4 is 17.8 Å². The molecular formula is C38H50FN7O5. The van der Waals surface area contributed by atoms with E-state index in [2.05, 4.69) is 24.8 Å². The largest absolute Gasteiger partial charge is 0.490 e. The molecule has 6 rings (SSSR count). The number of anilines is 1. The van der Waals surface area contributed by atoms with Gasteiger partial charge < -0.3 is 28.9 Å². The second-order valence-corrected chi connectivity index (χ2v) is 15.3. The van der Waals surface area contributed by atoms with Crippen LogP contribution in [-0.2, 0) is 17.7 Å². The molecule has 0 atom stereocenters. The molecule has 1 spiro atoms. The van der Waals surface area contributed by atoms with Crippen molar-refractivity contribution in [2.45, 2.75) is 85.1 Å². The van der Waals surface area contributed by atoms with Gasteiger partial charge in [0, 0.05) is 88.2 Å². The fourth-order valence-corrected chi connectivity index (χ4v) is 7.23. The van der Waals surface area contributed by atoms with Crippen molar-refractivity contribution in [3.05, 3.63) is 65.6 Å². The molecule has 1 aliphatic carbocycles. The van der Waals surface area contributed by atoms with Crippen LogP contribution < -0.4 is 14.4 Å². The molecule has 2 aliphatic heterocycles. The zero-order chi connectivity index (χ0) is 36.5. The van der Waals surface area contributed by atoms with Crippen LogP contribution >= 0.6 is 0 Å². The molecule has 0 bridgehead atoms. The molecule has 13 heteroatoms. The normalized spacial score (nSPS) is 17.0. The summed E-state index contributed by atoms with van der Waals surface area (Å²) in [5.74, 6) is 1.40. The van der Waals surface area contributed by atoms with Gasteiger partial charge in [0.2, 0.25) is 0 Å². The Hall–Kier alpha value is -4.52. The van der Waals surface area contributed by atoms with Gasteiger partial charge in [-0.15, -0.1) is 0 Å². The maximum atomic E-state index is 14.3. The second kappa shape index (κ2) is 14.6. The Balaban J connectivity index is 1.05. The summed E-state index contributed by atoms with van der Waals surface area (Å²) in [7, 11) is 1.77. The third-order valence-electron chi connectivity index (χ3n) is 9.85. The molecule has 3 aliphatic rings. The van der Waals surface area contributed by atoms with Crippen molar-refractivity contribution < 1.29 is 28.2 Å². The first-order chi connectivity index (χ1) is 24.2. The van der Waals surface area contributed by atoms with E-state index in [9.17, 15) is 14.0 Å². The van der Waals surface area contributed by atoms with Gasteiger partial charge in [0.15, 0.2) is 11.6 Å². The van der Waals surface area contributed by atoms with Gasteiger partial charge in [-0.05, 0) is 78.6 Å². The lowest BCUT2D eigenvalue weighted by atomic mass is 9.61. The van der Waals surface area contributed by atoms with Crippen molar-refractivity contribution in [1.82, 2.24) is 29.7 Å². The van der Waals surface area contributed by atoms with Crippen molar-refractivity contribution in [2.75, 3.05) is 51.2 Å². The molecule has 274 valence electrons. The first-order valence-corrected chi connectivity index (χ1v) is 17.9. The fourth-order valence-electron chi connectivity index (χ4n) is 7.23. The van der Waals surface area contributed by atoms with Gasteiger partial charge in [-0.3, -0.25) is 14.7 Å². The zero-order valence-electron chi connectivity index (χ0n) is 30.8. The maximum Gasteiger partial charge on any atom is 0.410 e. The summed E-state index contributed by atoms with van der Waals surface area (Å²) >= 11 is 0. The van der Waals surface area contributed by atoms with E-state index >= 15 is 0 Å². The lowest BCUT2D eigenvalue weighted by Crippen LogP contribution is -2.65. The smallest absolute Gasteiger partial charge is 0.410 e. The van der Waals surface area contributed by atoms with E-state index in [1.54, 1.807) is 23.0 Å². The number of benzene rings is 1. The monoisotopic (exact) mass is 703 g/mol. The second-order valence-electron chi connectivity index (χ2n) is 15.3. The van der Waals surface area contributed by atoms with Gasteiger partial charge >= 0.3 is 6.09 Å². The first-order valence-electron chi connectivity index (χ1n) is 17.9. The topological polar surface area (TPSA) is 113 Å². The first kappa shape index (κ1) is 36.3. The van der Waals surface area contributed by atoms with Crippen LogP contribution in [0.15, 0.2) is 43.0 Å². The molecule has 0 N–H and O–H groups in total. The van der Waals surface area contributed by atoms with Crippen molar-refractivity contribution in [2.24, 2.45) is 5.41 Å². The minimum atomic E-state index is -0.527. The number of halogens is 1. The molecule has 1 aromatic carbocycles. The Labute approximate surface area is 299 Å². The molecule has 2 amide bonds. The van der Waals surface area contributed by atoms with E-state index < -0.39 is 11.4 Å². The number of rotatable bonds is 11. The Kier molecular flexibility index (Phi) is 10.4. The number of nitrogens with zero attached hydrogens (tertiary/aromatic N) is 7. The number of carbonyl (C=O) groups excluding carboxylic acids is 2. The predicted octanol–water partition coefficient (Wildman–Crippen LogP) is 5.95. The van der Waals surface area contributed by atoms with Gasteiger partial charge in [-0.2, -0.15) is 0 Å². The third kappa shape index (κ3) is 8.19. The number of likely N-dealkylation sites (N-methyl/N-ethyl adjacent to an activating group) is 1. The van der Waals surface area contributed by atoms with Crippen LogP contribution in [0.2, 0.25) is 0 Å². The molecule has 0 unspecified atom stereocenters. The number of ether oxygens (including phenoxy) is 3. The number of pyridine rings is 1. The number of carbonyl (C=O) groups is 2. The summed E-state index contributed by atoms with van der Waals surface area (Å²) in [6.45, 7) is 16.3. The molecule has 4 heterocycles. The van der Waals surface area contributed by atoms with Crippen LogP contribution in [0.4, 0.5) is 15.0 Å². The summed E-state index contributed by atoms with van der Waals surface area (Å²) in [6, 6.07) is 5.91. The Bertz CT molecular complexity index is 1730. The number of hydrogen-bond acceptors (Lipinski definition) is 10. The highest BCUT2D eigenvalue weighted by Crippen LogP contribution is 2.52. The van der Waals surface area contributed by atoms with Gasteiger partial charge in [-0.25, -0.2) is 19.2 Å². The Morgan fingerprint density at radius 3 is 2.57 bits per heavy atom. The highest BCUT2D eigenvalue weighted by molar-refractivity contribution is 5.97. The van der Waals surface area contributed by atoms with E-state index in [1.165, 1.54) is 24.5 Å². The summed E-state index contributed by atoms with van der Waals surface area (Å²) in [5, 5.41) is 0. The molecule has 2 fully saturated rings. The number of fused-ring (bicyclic) bond motifs is 1. The number of amides is 2. The van der Waals surface area contributed by atoms with E-state index in [1.807, 2.05) is 53.8 Å². The van der Waals surface area contributed by atoms with Crippen LogP contribution in [0.5, 0.6) is 17.2 Å². The van der Waals surface area contributed by atoms with Gasteiger partial charge in [0.05, 0.1) is 11.8 Å². The van der Waals surface area contributed by atoms with E-state index in [-0.39, 0.29) is 40.9 Å². The van der Waals surface area contributed by atoms with Gasteiger partial charge in [0.1, 0.15) is 35.3 Å². The zero-order valence-corrected chi connectivity index (χ0v) is 30.8. The highest BCUT2D eigenvalue weighted by Gasteiger charge is 2.54. The summed E-state index contributed by atoms with van der Waals surface area (Å²) in [6.07, 6.45) is 7.36. The standard InChI is InChI=1S/C38H50FN7O5/c1-8-46(25(2)3)35(47)28-17-26(39)9-10-31(28)50-33-20-40-24-42-34(33)45-22-38(23-45)18-27(19-38)49-32-11-13-41-30-12-14-44(21-29(30)32)16-15-43(7)36(48)51-37(4,5)6/h9-11,13,17,20,24-25,27H,8,12,14-16,18-19,21-23H2,1-7H3. The minimum Gasteiger partial charge on any atom is -0.490 e. The third-order valence-corrected chi connectivity index (χ3v) is 9.85. The van der Waals surface area contributed by atoms with Gasteiger partial charge in [0.25, 0.3) is 5.91 Å². The molecule has 3 aromatic rings.